The third kappa shape index (κ3) is 4.12. The second kappa shape index (κ2) is 7.31. The maximum Gasteiger partial charge on any atom is 0.226 e. The predicted molar refractivity (Wildman–Crippen MR) is 88.4 cm³/mol. The quantitative estimate of drug-likeness (QED) is 0.923. The third-order valence-electron chi connectivity index (χ3n) is 4.21. The summed E-state index contributed by atoms with van der Waals surface area (Å²) < 4.78 is 5.62. The summed E-state index contributed by atoms with van der Waals surface area (Å²) in [6.45, 7) is 4.00. The van der Waals surface area contributed by atoms with Crippen LogP contribution in [0.2, 0.25) is 0 Å². The van der Waals surface area contributed by atoms with Crippen molar-refractivity contribution in [2.75, 3.05) is 19.7 Å². The molecule has 1 aromatic carbocycles. The molecule has 3 rings (SSSR count). The first-order valence-electron chi connectivity index (χ1n) is 8.19. The van der Waals surface area contributed by atoms with Crippen LogP contribution in [-0.4, -0.2) is 40.5 Å². The number of nitrogens with one attached hydrogen (secondary N) is 1. The van der Waals surface area contributed by atoms with Crippen molar-refractivity contribution < 1.29 is 9.53 Å². The van der Waals surface area contributed by atoms with E-state index >= 15 is 0 Å². The van der Waals surface area contributed by atoms with Crippen LogP contribution in [-0.2, 0) is 4.79 Å². The van der Waals surface area contributed by atoms with Crippen molar-refractivity contribution in [1.82, 2.24) is 14.9 Å². The monoisotopic (exact) mass is 313 g/mol. The van der Waals surface area contributed by atoms with E-state index in [1.807, 2.05) is 48.4 Å². The number of rotatable bonds is 5. The van der Waals surface area contributed by atoms with Crippen molar-refractivity contribution in [3.8, 4) is 5.75 Å². The zero-order valence-electron chi connectivity index (χ0n) is 13.5. The van der Waals surface area contributed by atoms with E-state index in [4.69, 9.17) is 4.74 Å². The van der Waals surface area contributed by atoms with E-state index in [1.54, 1.807) is 0 Å². The number of amides is 1. The number of para-hydroxylation sites is 1. The van der Waals surface area contributed by atoms with Crippen LogP contribution in [0.3, 0.4) is 0 Å². The van der Waals surface area contributed by atoms with Gasteiger partial charge in [0.05, 0.1) is 13.0 Å². The fraction of sp³-hybridized carbons (Fsp3) is 0.444. The van der Waals surface area contributed by atoms with Crippen LogP contribution in [0.4, 0.5) is 0 Å². The van der Waals surface area contributed by atoms with Gasteiger partial charge in [-0.1, -0.05) is 18.2 Å². The highest BCUT2D eigenvalue weighted by Gasteiger charge is 2.26. The van der Waals surface area contributed by atoms with Gasteiger partial charge in [0.15, 0.2) is 0 Å². The molecule has 1 aromatic heterocycles. The van der Waals surface area contributed by atoms with Crippen LogP contribution in [0, 0.1) is 6.92 Å². The number of hydrogen-bond donors (Lipinski definition) is 1. The summed E-state index contributed by atoms with van der Waals surface area (Å²) in [5, 5.41) is 0. The van der Waals surface area contributed by atoms with Gasteiger partial charge in [0.25, 0.3) is 0 Å². The number of aryl methyl sites for hydroxylation is 1. The van der Waals surface area contributed by atoms with E-state index in [9.17, 15) is 4.79 Å². The van der Waals surface area contributed by atoms with Crippen LogP contribution in [0.15, 0.2) is 36.5 Å². The molecule has 0 bridgehead atoms. The van der Waals surface area contributed by atoms with E-state index in [0.717, 1.165) is 43.2 Å². The number of H-pyrrole nitrogens is 1. The summed E-state index contributed by atoms with van der Waals surface area (Å²) in [4.78, 5) is 22.0. The molecule has 1 unspecified atom stereocenters. The Kier molecular flexibility index (Phi) is 4.95. The lowest BCUT2D eigenvalue weighted by atomic mass is 9.97. The van der Waals surface area contributed by atoms with Crippen LogP contribution < -0.4 is 4.74 Å². The molecule has 0 aliphatic carbocycles. The van der Waals surface area contributed by atoms with Crippen LogP contribution >= 0.6 is 0 Å². The molecule has 0 spiro atoms. The highest BCUT2D eigenvalue weighted by atomic mass is 16.5. The number of carbonyl (C=O) groups is 1. The van der Waals surface area contributed by atoms with Gasteiger partial charge in [0.2, 0.25) is 5.91 Å². The Morgan fingerprint density at radius 1 is 1.39 bits per heavy atom. The fourth-order valence-electron chi connectivity index (χ4n) is 3.00. The molecule has 0 saturated carbocycles. The Balaban J connectivity index is 1.49. The fourth-order valence-corrected chi connectivity index (χ4v) is 3.00. The Bertz CT molecular complexity index is 639. The van der Waals surface area contributed by atoms with Gasteiger partial charge in [0.1, 0.15) is 11.6 Å². The molecule has 0 radical (unpaired) electrons. The minimum atomic E-state index is 0.161. The second-order valence-electron chi connectivity index (χ2n) is 6.04. The lowest BCUT2D eigenvalue weighted by molar-refractivity contribution is -0.132. The number of aromatic amines is 1. The number of benzene rings is 1. The van der Waals surface area contributed by atoms with Crippen LogP contribution in [0.5, 0.6) is 5.75 Å². The van der Waals surface area contributed by atoms with Crippen LogP contribution in [0.25, 0.3) is 0 Å². The van der Waals surface area contributed by atoms with Crippen molar-refractivity contribution in [3.63, 3.8) is 0 Å². The number of nitrogens with zero attached hydrogens (tertiary/aromatic N) is 2. The molecule has 5 nitrogen and oxygen atoms in total. The van der Waals surface area contributed by atoms with Gasteiger partial charge in [0, 0.05) is 30.9 Å². The molecule has 1 fully saturated rings. The topological polar surface area (TPSA) is 58.2 Å². The average molecular weight is 313 g/mol. The van der Waals surface area contributed by atoms with Gasteiger partial charge in [-0.2, -0.15) is 0 Å². The summed E-state index contributed by atoms with van der Waals surface area (Å²) >= 11 is 0. The number of aromatic nitrogens is 2. The SMILES string of the molecule is Cc1cnc(C2CCCN(C(=O)CCOc3ccccc3)C2)[nH]1. The Labute approximate surface area is 136 Å². The number of piperidine rings is 1. The first kappa shape index (κ1) is 15.6. The Hall–Kier alpha value is -2.30. The predicted octanol–water partition coefficient (Wildman–Crippen LogP) is 2.89. The standard InChI is InChI=1S/C18H23N3O2/c1-14-12-19-18(20-14)15-6-5-10-21(13-15)17(22)9-11-23-16-7-3-2-4-8-16/h2-4,7-8,12,15H,5-6,9-11,13H2,1H3,(H,19,20). The largest absolute Gasteiger partial charge is 0.493 e. The molecule has 122 valence electrons. The first-order valence-corrected chi connectivity index (χ1v) is 8.19. The van der Waals surface area contributed by atoms with Crippen LogP contribution in [0.1, 0.15) is 36.7 Å². The normalized spacial score (nSPS) is 18.0. The molecule has 1 amide bonds. The van der Waals surface area contributed by atoms with Crippen molar-refractivity contribution in [2.24, 2.45) is 0 Å². The van der Waals surface area contributed by atoms with E-state index in [1.165, 1.54) is 0 Å². The Morgan fingerprint density at radius 3 is 2.96 bits per heavy atom. The van der Waals surface area contributed by atoms with E-state index in [2.05, 4.69) is 9.97 Å². The molecule has 5 heteroatoms. The number of imidazole rings is 1. The second-order valence-corrected chi connectivity index (χ2v) is 6.04. The summed E-state index contributed by atoms with van der Waals surface area (Å²) in [6, 6.07) is 9.61. The molecule has 2 heterocycles. The van der Waals surface area contributed by atoms with Gasteiger partial charge in [-0.15, -0.1) is 0 Å². The summed E-state index contributed by atoms with van der Waals surface area (Å²) in [5.74, 6) is 2.29. The molecular weight excluding hydrogens is 290 g/mol. The number of carbonyl (C=O) groups excluding carboxylic acids is 1. The molecule has 1 aliphatic rings. The lowest BCUT2D eigenvalue weighted by Gasteiger charge is -2.32. The van der Waals surface area contributed by atoms with E-state index in [-0.39, 0.29) is 5.91 Å². The van der Waals surface area contributed by atoms with Gasteiger partial charge in [-0.3, -0.25) is 4.79 Å². The van der Waals surface area contributed by atoms with E-state index < -0.39 is 0 Å². The minimum absolute atomic E-state index is 0.161. The minimum Gasteiger partial charge on any atom is -0.493 e. The zero-order valence-corrected chi connectivity index (χ0v) is 13.5. The highest BCUT2D eigenvalue weighted by molar-refractivity contribution is 5.76. The van der Waals surface area contributed by atoms with Crippen molar-refractivity contribution >= 4 is 5.91 Å². The zero-order chi connectivity index (χ0) is 16.1. The smallest absolute Gasteiger partial charge is 0.226 e. The molecule has 1 N–H and O–H groups in total. The van der Waals surface area contributed by atoms with Gasteiger partial charge in [-0.25, -0.2) is 4.98 Å². The molecule has 1 aliphatic heterocycles. The third-order valence-corrected chi connectivity index (χ3v) is 4.21. The van der Waals surface area contributed by atoms with Gasteiger partial charge >= 0.3 is 0 Å². The summed E-state index contributed by atoms with van der Waals surface area (Å²) in [5.41, 5.74) is 1.07. The average Bonchev–Trinajstić information content (AvgIpc) is 3.02. The summed E-state index contributed by atoms with van der Waals surface area (Å²) in [7, 11) is 0. The maximum absolute atomic E-state index is 12.4. The van der Waals surface area contributed by atoms with Crippen molar-refractivity contribution in [2.45, 2.75) is 32.1 Å². The molecular formula is C18H23N3O2. The van der Waals surface area contributed by atoms with E-state index in [0.29, 0.717) is 18.9 Å². The first-order chi connectivity index (χ1) is 11.2. The molecule has 1 saturated heterocycles. The maximum atomic E-state index is 12.4. The molecule has 1 atom stereocenters. The highest BCUT2D eigenvalue weighted by Crippen LogP contribution is 2.25. The summed E-state index contributed by atoms with van der Waals surface area (Å²) in [6.07, 6.45) is 4.37. The van der Waals surface area contributed by atoms with Crippen molar-refractivity contribution in [3.05, 3.63) is 48.0 Å². The van der Waals surface area contributed by atoms with Crippen molar-refractivity contribution in [1.29, 1.82) is 0 Å². The lowest BCUT2D eigenvalue weighted by Crippen LogP contribution is -2.39. The molecule has 2 aromatic rings. The molecule has 23 heavy (non-hydrogen) atoms. The van der Waals surface area contributed by atoms with Gasteiger partial charge < -0.3 is 14.6 Å². The Morgan fingerprint density at radius 2 is 2.22 bits per heavy atom. The number of likely N-dealkylation sites (tertiary alicyclic amines) is 1. The number of ether oxygens (including phenoxy) is 1. The number of hydrogen-bond acceptors (Lipinski definition) is 3. The van der Waals surface area contributed by atoms with Gasteiger partial charge in [-0.05, 0) is 31.9 Å².